The van der Waals surface area contributed by atoms with Crippen molar-refractivity contribution >= 4 is 14.5 Å². The summed E-state index contributed by atoms with van der Waals surface area (Å²) in [4.78, 5) is 12.9. The van der Waals surface area contributed by atoms with E-state index in [0.29, 0.717) is 0 Å². The number of pyridine rings is 1. The second-order valence-corrected chi connectivity index (χ2v) is 2.15. The van der Waals surface area contributed by atoms with Gasteiger partial charge in [0.05, 0.1) is 0 Å². The Morgan fingerprint density at radius 2 is 2.25 bits per heavy atom. The van der Waals surface area contributed by atoms with E-state index in [1.165, 1.54) is 6.07 Å². The lowest BCUT2D eigenvalue weighted by Crippen LogP contribution is -2.05. The van der Waals surface area contributed by atoms with Gasteiger partial charge < -0.3 is 4.98 Å². The third-order valence-corrected chi connectivity index (χ3v) is 1.17. The highest BCUT2D eigenvalue weighted by molar-refractivity contribution is 7.27. The fraction of sp³-hybridized carbons (Fsp3) is 0. The molecule has 0 spiro atoms. The van der Waals surface area contributed by atoms with E-state index < -0.39 is 0 Å². The van der Waals surface area contributed by atoms with Crippen LogP contribution in [0.25, 0.3) is 0 Å². The minimum atomic E-state index is -0.0591. The number of nitrogens with one attached hydrogen (secondary N) is 1. The van der Waals surface area contributed by atoms with Gasteiger partial charge in [0.25, 0.3) is 0 Å². The summed E-state index contributed by atoms with van der Waals surface area (Å²) in [6, 6.07) is 3.23. The van der Waals surface area contributed by atoms with Crippen LogP contribution in [0, 0.1) is 0 Å². The second-order valence-electron chi connectivity index (χ2n) is 1.49. The van der Waals surface area contributed by atoms with Gasteiger partial charge in [-0.15, -0.1) is 9.24 Å². The van der Waals surface area contributed by atoms with Crippen LogP contribution in [-0.4, -0.2) is 4.98 Å². The maximum Gasteiger partial charge on any atom is 0.247 e. The first-order valence-corrected chi connectivity index (χ1v) is 2.81. The SMILES string of the molecule is O=c1ccc(P)c[nH]1. The van der Waals surface area contributed by atoms with E-state index >= 15 is 0 Å². The van der Waals surface area contributed by atoms with E-state index in [1.54, 1.807) is 12.3 Å². The number of rotatable bonds is 0. The first-order chi connectivity index (χ1) is 3.79. The molecule has 1 atom stereocenters. The molecule has 0 saturated heterocycles. The summed E-state index contributed by atoms with van der Waals surface area (Å²) >= 11 is 0. The fourth-order valence-corrected chi connectivity index (χ4v) is 0.602. The Labute approximate surface area is 49.1 Å². The highest BCUT2D eigenvalue weighted by Gasteiger charge is 1.79. The predicted molar refractivity (Wildman–Crippen MR) is 36.4 cm³/mol. The van der Waals surface area contributed by atoms with Crippen molar-refractivity contribution < 1.29 is 0 Å². The van der Waals surface area contributed by atoms with E-state index in [1.807, 2.05) is 0 Å². The maximum atomic E-state index is 10.4. The van der Waals surface area contributed by atoms with Gasteiger partial charge in [-0.1, -0.05) is 0 Å². The molecule has 1 unspecified atom stereocenters. The van der Waals surface area contributed by atoms with Crippen LogP contribution in [0.1, 0.15) is 0 Å². The van der Waals surface area contributed by atoms with Gasteiger partial charge >= 0.3 is 0 Å². The van der Waals surface area contributed by atoms with Crippen LogP contribution in [0.4, 0.5) is 0 Å². The van der Waals surface area contributed by atoms with Crippen molar-refractivity contribution in [2.24, 2.45) is 0 Å². The standard InChI is InChI=1S/C5H6NOP/c7-5-2-1-4(8)3-6-5/h1-3H,8H2,(H,6,7). The van der Waals surface area contributed by atoms with Crippen LogP contribution in [0.2, 0.25) is 0 Å². The van der Waals surface area contributed by atoms with Gasteiger partial charge in [0.1, 0.15) is 0 Å². The van der Waals surface area contributed by atoms with Gasteiger partial charge in [-0.05, 0) is 11.4 Å². The van der Waals surface area contributed by atoms with Gasteiger partial charge in [0.15, 0.2) is 0 Å². The molecule has 8 heavy (non-hydrogen) atoms. The summed E-state index contributed by atoms with van der Waals surface area (Å²) < 4.78 is 0. The van der Waals surface area contributed by atoms with Crippen LogP contribution in [-0.2, 0) is 0 Å². The zero-order valence-corrected chi connectivity index (χ0v) is 5.37. The van der Waals surface area contributed by atoms with Crippen molar-refractivity contribution in [1.29, 1.82) is 0 Å². The second kappa shape index (κ2) is 2.10. The molecule has 0 aliphatic heterocycles. The fourth-order valence-electron chi connectivity index (χ4n) is 0.423. The van der Waals surface area contributed by atoms with Gasteiger partial charge in [-0.3, -0.25) is 4.79 Å². The summed E-state index contributed by atoms with van der Waals surface area (Å²) in [6.07, 6.45) is 1.65. The summed E-state index contributed by atoms with van der Waals surface area (Å²) in [5.74, 6) is 0. The van der Waals surface area contributed by atoms with Crippen LogP contribution in [0.5, 0.6) is 0 Å². The number of hydrogen-bond acceptors (Lipinski definition) is 1. The first-order valence-electron chi connectivity index (χ1n) is 2.23. The molecule has 0 saturated carbocycles. The van der Waals surface area contributed by atoms with Crippen molar-refractivity contribution in [2.75, 3.05) is 0 Å². The molecule has 1 N–H and O–H groups in total. The highest BCUT2D eigenvalue weighted by atomic mass is 31.0. The molecule has 3 heteroatoms. The minimum Gasteiger partial charge on any atom is -0.328 e. The molecule has 0 aliphatic carbocycles. The third kappa shape index (κ3) is 1.17. The van der Waals surface area contributed by atoms with Crippen molar-refractivity contribution in [1.82, 2.24) is 4.98 Å². The predicted octanol–water partition coefficient (Wildman–Crippen LogP) is -0.125. The molecule has 0 amide bonds. The van der Waals surface area contributed by atoms with Crippen LogP contribution >= 0.6 is 9.24 Å². The molecule has 1 aromatic heterocycles. The highest BCUT2D eigenvalue weighted by Crippen LogP contribution is 1.78. The van der Waals surface area contributed by atoms with Crippen LogP contribution in [0.15, 0.2) is 23.1 Å². The van der Waals surface area contributed by atoms with Gasteiger partial charge in [-0.25, -0.2) is 0 Å². The summed E-state index contributed by atoms with van der Waals surface area (Å²) in [5, 5.41) is 0.990. The summed E-state index contributed by atoms with van der Waals surface area (Å²) in [5.41, 5.74) is -0.0591. The van der Waals surface area contributed by atoms with Gasteiger partial charge in [0.2, 0.25) is 5.56 Å². The van der Waals surface area contributed by atoms with Crippen molar-refractivity contribution in [3.05, 3.63) is 28.7 Å². The first kappa shape index (κ1) is 5.52. The zero-order chi connectivity index (χ0) is 5.98. The maximum absolute atomic E-state index is 10.4. The van der Waals surface area contributed by atoms with Crippen LogP contribution in [0.3, 0.4) is 0 Å². The Bertz CT molecular complexity index is 210. The summed E-state index contributed by atoms with van der Waals surface area (Å²) in [7, 11) is 2.48. The lowest BCUT2D eigenvalue weighted by atomic mass is 10.5. The topological polar surface area (TPSA) is 32.9 Å². The van der Waals surface area contributed by atoms with Crippen molar-refractivity contribution in [2.45, 2.75) is 0 Å². The number of H-pyrrole nitrogens is 1. The molecule has 2 nitrogen and oxygen atoms in total. The molecule has 0 fully saturated rings. The van der Waals surface area contributed by atoms with Crippen molar-refractivity contribution in [3.63, 3.8) is 0 Å². The number of aromatic amines is 1. The lowest BCUT2D eigenvalue weighted by Gasteiger charge is -1.83. The van der Waals surface area contributed by atoms with E-state index in [2.05, 4.69) is 14.2 Å². The Hall–Kier alpha value is -0.620. The molecule has 1 rings (SSSR count). The van der Waals surface area contributed by atoms with Crippen LogP contribution < -0.4 is 10.9 Å². The lowest BCUT2D eigenvalue weighted by molar-refractivity contribution is 1.26. The Kier molecular flexibility index (Phi) is 1.45. The number of aromatic nitrogens is 1. The zero-order valence-electron chi connectivity index (χ0n) is 4.22. The minimum absolute atomic E-state index is 0.0591. The van der Waals surface area contributed by atoms with E-state index in [4.69, 9.17) is 0 Å². The molecule has 42 valence electrons. The largest absolute Gasteiger partial charge is 0.328 e. The van der Waals surface area contributed by atoms with Crippen molar-refractivity contribution in [3.8, 4) is 0 Å². The molecule has 1 heterocycles. The van der Waals surface area contributed by atoms with E-state index in [-0.39, 0.29) is 5.56 Å². The molecular weight excluding hydrogens is 121 g/mol. The Morgan fingerprint density at radius 1 is 1.50 bits per heavy atom. The molecular formula is C5H6NOP. The van der Waals surface area contributed by atoms with E-state index in [0.717, 1.165) is 5.30 Å². The third-order valence-electron chi connectivity index (χ3n) is 0.808. The smallest absolute Gasteiger partial charge is 0.247 e. The molecule has 0 radical (unpaired) electrons. The normalized spacial score (nSPS) is 9.12. The summed E-state index contributed by atoms with van der Waals surface area (Å²) in [6.45, 7) is 0. The quantitative estimate of drug-likeness (QED) is 0.484. The Morgan fingerprint density at radius 3 is 2.62 bits per heavy atom. The number of hydrogen-bond donors (Lipinski definition) is 1. The molecule has 0 aliphatic rings. The van der Waals surface area contributed by atoms with Gasteiger partial charge in [-0.2, -0.15) is 0 Å². The Balaban J connectivity index is 3.22. The average Bonchev–Trinajstić information content (AvgIpc) is 1.77. The van der Waals surface area contributed by atoms with Gasteiger partial charge in [0, 0.05) is 12.3 Å². The molecule has 1 aromatic rings. The monoisotopic (exact) mass is 127 g/mol. The van der Waals surface area contributed by atoms with E-state index in [9.17, 15) is 4.79 Å². The molecule has 0 bridgehead atoms. The average molecular weight is 127 g/mol. The molecule has 0 aromatic carbocycles.